The highest BCUT2D eigenvalue weighted by Gasteiger charge is 2.32. The zero-order valence-electron chi connectivity index (χ0n) is 14.1. The molecule has 0 aliphatic heterocycles. The molecule has 3 rings (SSSR count). The molecule has 0 aliphatic rings. The van der Waals surface area contributed by atoms with Crippen molar-refractivity contribution >= 4 is 28.8 Å². The molecule has 28 heavy (non-hydrogen) atoms. The number of nitrogens with zero attached hydrogens (tertiary/aromatic N) is 2. The van der Waals surface area contributed by atoms with Gasteiger partial charge in [0.25, 0.3) is 5.56 Å². The summed E-state index contributed by atoms with van der Waals surface area (Å²) < 4.78 is 39.5. The number of rotatable bonds is 5. The highest BCUT2D eigenvalue weighted by Crippen LogP contribution is 2.29. The molecule has 2 heterocycles. The number of carbonyl (C=O) groups excluding carboxylic acids is 1. The summed E-state index contributed by atoms with van der Waals surface area (Å²) >= 11 is 6.94. The number of aromatic nitrogens is 2. The Balaban J connectivity index is 1.86. The smallest absolute Gasteiger partial charge is 0.341 e. The summed E-state index contributed by atoms with van der Waals surface area (Å²) in [6, 6.07) is 8.93. The molecule has 1 amide bonds. The van der Waals surface area contributed by atoms with Gasteiger partial charge >= 0.3 is 6.18 Å². The first-order valence-corrected chi connectivity index (χ1v) is 9.22. The first-order valence-electron chi connectivity index (χ1n) is 7.96. The maximum absolute atomic E-state index is 13.0. The second kappa shape index (κ2) is 8.15. The molecular formula is C18H13ClF3N3O2S. The third-order valence-electron chi connectivity index (χ3n) is 3.82. The van der Waals surface area contributed by atoms with Crippen molar-refractivity contribution in [3.8, 4) is 0 Å². The molecule has 2 aromatic heterocycles. The lowest BCUT2D eigenvalue weighted by Crippen LogP contribution is -2.35. The van der Waals surface area contributed by atoms with Gasteiger partial charge in [0.05, 0.1) is 5.56 Å². The standard InChI is InChI=1S/C18H13ClF3N3O2S/c19-13-8-12(18(20,21)22)9-25(17(13)27)10-14(26)24-15(16-23-6-7-28-16)11-4-2-1-3-5-11/h1-9,15H,10H2,(H,24,26). The summed E-state index contributed by atoms with van der Waals surface area (Å²) in [5.74, 6) is -0.651. The van der Waals surface area contributed by atoms with Gasteiger partial charge in [-0.05, 0) is 11.6 Å². The number of pyridine rings is 1. The second-order valence-corrected chi connectivity index (χ2v) is 7.12. The van der Waals surface area contributed by atoms with Gasteiger partial charge < -0.3 is 9.88 Å². The Hall–Kier alpha value is -2.65. The minimum absolute atomic E-state index is 0.542. The average molecular weight is 428 g/mol. The quantitative estimate of drug-likeness (QED) is 0.672. The topological polar surface area (TPSA) is 64.0 Å². The van der Waals surface area contributed by atoms with Crippen molar-refractivity contribution in [2.45, 2.75) is 18.8 Å². The third kappa shape index (κ3) is 4.60. The van der Waals surface area contributed by atoms with Crippen molar-refractivity contribution in [2.75, 3.05) is 0 Å². The van der Waals surface area contributed by atoms with E-state index in [9.17, 15) is 22.8 Å². The van der Waals surface area contributed by atoms with E-state index in [0.29, 0.717) is 21.8 Å². The van der Waals surface area contributed by atoms with Crippen LogP contribution in [0.5, 0.6) is 0 Å². The first-order chi connectivity index (χ1) is 13.3. The number of hydrogen-bond acceptors (Lipinski definition) is 4. The van der Waals surface area contributed by atoms with Gasteiger partial charge in [0.2, 0.25) is 5.91 Å². The molecule has 146 valence electrons. The molecule has 0 saturated carbocycles. The molecule has 3 aromatic rings. The maximum atomic E-state index is 13.0. The molecular weight excluding hydrogens is 415 g/mol. The molecule has 0 saturated heterocycles. The number of amides is 1. The van der Waals surface area contributed by atoms with Gasteiger partial charge in [0.1, 0.15) is 22.6 Å². The van der Waals surface area contributed by atoms with Crippen LogP contribution in [-0.4, -0.2) is 15.5 Å². The van der Waals surface area contributed by atoms with Crippen LogP contribution in [0.25, 0.3) is 0 Å². The minimum Gasteiger partial charge on any atom is -0.341 e. The van der Waals surface area contributed by atoms with Gasteiger partial charge in [-0.1, -0.05) is 41.9 Å². The van der Waals surface area contributed by atoms with E-state index in [1.54, 1.807) is 35.8 Å². The van der Waals surface area contributed by atoms with Gasteiger partial charge in [-0.15, -0.1) is 11.3 Å². The number of hydrogen-bond donors (Lipinski definition) is 1. The van der Waals surface area contributed by atoms with Gasteiger partial charge in [-0.3, -0.25) is 9.59 Å². The number of carbonyl (C=O) groups is 1. The number of nitrogens with one attached hydrogen (secondary N) is 1. The molecule has 5 nitrogen and oxygen atoms in total. The van der Waals surface area contributed by atoms with E-state index in [1.807, 2.05) is 6.07 Å². The Labute approximate surface area is 166 Å². The van der Waals surface area contributed by atoms with Crippen LogP contribution in [0.15, 0.2) is 59.0 Å². The van der Waals surface area contributed by atoms with E-state index in [0.717, 1.165) is 5.56 Å². The van der Waals surface area contributed by atoms with Crippen LogP contribution in [0.1, 0.15) is 22.2 Å². The summed E-state index contributed by atoms with van der Waals surface area (Å²) in [6.07, 6.45) is -2.53. The predicted molar refractivity (Wildman–Crippen MR) is 99.3 cm³/mol. The molecule has 1 atom stereocenters. The van der Waals surface area contributed by atoms with Crippen LogP contribution >= 0.6 is 22.9 Å². The van der Waals surface area contributed by atoms with E-state index < -0.39 is 40.8 Å². The Morgan fingerprint density at radius 2 is 2.00 bits per heavy atom. The largest absolute Gasteiger partial charge is 0.417 e. The second-order valence-electron chi connectivity index (χ2n) is 5.79. The molecule has 1 N–H and O–H groups in total. The number of thiazole rings is 1. The number of alkyl halides is 3. The maximum Gasteiger partial charge on any atom is 0.417 e. The summed E-state index contributed by atoms with van der Waals surface area (Å²) in [4.78, 5) is 28.7. The average Bonchev–Trinajstić information content (AvgIpc) is 3.17. The minimum atomic E-state index is -4.69. The Bertz CT molecular complexity index is 1020. The van der Waals surface area contributed by atoms with E-state index in [1.165, 1.54) is 11.3 Å². The van der Waals surface area contributed by atoms with Gasteiger partial charge in [-0.2, -0.15) is 13.2 Å². The van der Waals surface area contributed by atoms with E-state index in [-0.39, 0.29) is 0 Å². The lowest BCUT2D eigenvalue weighted by Gasteiger charge is -2.18. The van der Waals surface area contributed by atoms with Crippen molar-refractivity contribution in [1.82, 2.24) is 14.9 Å². The molecule has 0 aliphatic carbocycles. The monoisotopic (exact) mass is 427 g/mol. The Morgan fingerprint density at radius 1 is 1.29 bits per heavy atom. The van der Waals surface area contributed by atoms with Crippen molar-refractivity contribution in [3.05, 3.63) is 85.7 Å². The SMILES string of the molecule is O=C(Cn1cc(C(F)(F)F)cc(Cl)c1=O)NC(c1ccccc1)c1nccs1. The molecule has 0 radical (unpaired) electrons. The molecule has 0 spiro atoms. The highest BCUT2D eigenvalue weighted by molar-refractivity contribution is 7.09. The lowest BCUT2D eigenvalue weighted by atomic mass is 10.1. The van der Waals surface area contributed by atoms with Crippen LogP contribution in [0, 0.1) is 0 Å². The molecule has 0 fully saturated rings. The van der Waals surface area contributed by atoms with Crippen molar-refractivity contribution in [1.29, 1.82) is 0 Å². The Morgan fingerprint density at radius 3 is 2.61 bits per heavy atom. The highest BCUT2D eigenvalue weighted by atomic mass is 35.5. The van der Waals surface area contributed by atoms with Crippen molar-refractivity contribution in [2.24, 2.45) is 0 Å². The van der Waals surface area contributed by atoms with Crippen LogP contribution in [-0.2, 0) is 17.5 Å². The number of benzene rings is 1. The van der Waals surface area contributed by atoms with Gasteiger partial charge in [0, 0.05) is 17.8 Å². The summed E-state index contributed by atoms with van der Waals surface area (Å²) in [7, 11) is 0. The first kappa shape index (κ1) is 20.1. The Kier molecular flexibility index (Phi) is 5.85. The lowest BCUT2D eigenvalue weighted by molar-refractivity contribution is -0.138. The zero-order valence-corrected chi connectivity index (χ0v) is 15.7. The van der Waals surface area contributed by atoms with E-state index in [2.05, 4.69) is 10.3 Å². The molecule has 1 aromatic carbocycles. The molecule has 10 heteroatoms. The third-order valence-corrected chi connectivity index (χ3v) is 4.93. The van der Waals surface area contributed by atoms with Crippen LogP contribution in [0.4, 0.5) is 13.2 Å². The molecule has 1 unspecified atom stereocenters. The van der Waals surface area contributed by atoms with E-state index >= 15 is 0 Å². The van der Waals surface area contributed by atoms with Crippen LogP contribution < -0.4 is 10.9 Å². The van der Waals surface area contributed by atoms with E-state index in [4.69, 9.17) is 11.6 Å². The normalized spacial score (nSPS) is 12.6. The zero-order chi connectivity index (χ0) is 20.3. The number of halogens is 4. The summed E-state index contributed by atoms with van der Waals surface area (Å²) in [5, 5.41) is 4.45. The fourth-order valence-electron chi connectivity index (χ4n) is 2.54. The van der Waals surface area contributed by atoms with Crippen molar-refractivity contribution in [3.63, 3.8) is 0 Å². The van der Waals surface area contributed by atoms with Gasteiger partial charge in [0.15, 0.2) is 0 Å². The van der Waals surface area contributed by atoms with Crippen molar-refractivity contribution < 1.29 is 18.0 Å². The summed E-state index contributed by atoms with van der Waals surface area (Å²) in [6.45, 7) is -0.614. The van der Waals surface area contributed by atoms with Gasteiger partial charge in [-0.25, -0.2) is 4.98 Å². The predicted octanol–water partition coefficient (Wildman–Crippen LogP) is 3.88. The molecule has 0 bridgehead atoms. The fourth-order valence-corrected chi connectivity index (χ4v) is 3.48. The van der Waals surface area contributed by atoms with Crippen LogP contribution in [0.2, 0.25) is 5.02 Å². The van der Waals surface area contributed by atoms with Crippen LogP contribution in [0.3, 0.4) is 0 Å². The fraction of sp³-hybridized carbons (Fsp3) is 0.167. The summed E-state index contributed by atoms with van der Waals surface area (Å²) in [5.41, 5.74) is -1.24.